The first kappa shape index (κ1) is 24.6. The molecule has 7 heteroatoms. The molecule has 0 atom stereocenters. The van der Waals surface area contributed by atoms with Gasteiger partial charge in [0.05, 0.1) is 12.2 Å². The monoisotopic (exact) mass is 492 g/mol. The molecule has 0 bridgehead atoms. The highest BCUT2D eigenvalue weighted by atomic mass is 16.1. The summed E-state index contributed by atoms with van der Waals surface area (Å²) in [5.74, 6) is 1.36. The number of ketones is 1. The molecule has 2 N–H and O–H groups in total. The third-order valence-electron chi connectivity index (χ3n) is 6.70. The van der Waals surface area contributed by atoms with Crippen LogP contribution >= 0.6 is 0 Å². The van der Waals surface area contributed by atoms with E-state index in [4.69, 9.17) is 4.98 Å². The van der Waals surface area contributed by atoms with Crippen LogP contribution in [0.4, 0.5) is 11.8 Å². The average molecular weight is 493 g/mol. The van der Waals surface area contributed by atoms with Crippen molar-refractivity contribution in [2.75, 3.05) is 23.7 Å². The molecule has 5 rings (SSSR count). The minimum atomic E-state index is 0.0386. The van der Waals surface area contributed by atoms with Crippen LogP contribution in [0.1, 0.15) is 41.4 Å². The molecule has 1 aliphatic heterocycles. The van der Waals surface area contributed by atoms with Gasteiger partial charge < -0.3 is 10.6 Å². The molecule has 4 aromatic rings. The first-order chi connectivity index (χ1) is 18.1. The minimum Gasteiger partial charge on any atom is -0.367 e. The summed E-state index contributed by atoms with van der Waals surface area (Å²) < 4.78 is 0. The van der Waals surface area contributed by atoms with Crippen LogP contribution in [0.5, 0.6) is 0 Å². The quantitative estimate of drug-likeness (QED) is 0.302. The zero-order valence-electron chi connectivity index (χ0n) is 21.1. The zero-order valence-corrected chi connectivity index (χ0v) is 21.1. The molecule has 3 heterocycles. The van der Waals surface area contributed by atoms with Crippen molar-refractivity contribution in [1.82, 2.24) is 19.9 Å². The van der Waals surface area contributed by atoms with Gasteiger partial charge in [0, 0.05) is 49.2 Å². The maximum absolute atomic E-state index is 12.0. The second-order valence-electron chi connectivity index (χ2n) is 9.45. The van der Waals surface area contributed by atoms with Gasteiger partial charge in [-0.2, -0.15) is 4.98 Å². The van der Waals surface area contributed by atoms with E-state index in [0.717, 1.165) is 55.1 Å². The molecule has 1 aliphatic rings. The fourth-order valence-electron chi connectivity index (χ4n) is 4.64. The van der Waals surface area contributed by atoms with Crippen LogP contribution in [0.15, 0.2) is 85.2 Å². The lowest BCUT2D eigenvalue weighted by molar-refractivity contribution is 0.101. The summed E-state index contributed by atoms with van der Waals surface area (Å²) in [6.45, 7) is 5.15. The summed E-state index contributed by atoms with van der Waals surface area (Å²) >= 11 is 0. The SMILES string of the molecule is CC(=O)c1cccc(-c2cnc(NCc3ccccn3)nc2NC2CCN(Cc3ccccc3)CC2)c1. The van der Waals surface area contributed by atoms with Crippen molar-refractivity contribution in [3.05, 3.63) is 102 Å². The van der Waals surface area contributed by atoms with Crippen molar-refractivity contribution in [2.45, 2.75) is 38.9 Å². The van der Waals surface area contributed by atoms with Crippen LogP contribution < -0.4 is 10.6 Å². The zero-order chi connectivity index (χ0) is 25.5. The molecule has 7 nitrogen and oxygen atoms in total. The number of nitrogens with one attached hydrogen (secondary N) is 2. The van der Waals surface area contributed by atoms with Gasteiger partial charge in [0.25, 0.3) is 0 Å². The molecule has 37 heavy (non-hydrogen) atoms. The van der Waals surface area contributed by atoms with Gasteiger partial charge in [-0.05, 0) is 49.1 Å². The summed E-state index contributed by atoms with van der Waals surface area (Å²) in [4.78, 5) is 28.3. The topological polar surface area (TPSA) is 83.0 Å². The van der Waals surface area contributed by atoms with Crippen LogP contribution in [-0.4, -0.2) is 44.8 Å². The maximum Gasteiger partial charge on any atom is 0.224 e. The highest BCUT2D eigenvalue weighted by Gasteiger charge is 2.21. The van der Waals surface area contributed by atoms with E-state index >= 15 is 0 Å². The summed E-state index contributed by atoms with van der Waals surface area (Å²) in [5.41, 5.74) is 4.76. The number of likely N-dealkylation sites (tertiary alicyclic amines) is 1. The van der Waals surface area contributed by atoms with E-state index < -0.39 is 0 Å². The number of carbonyl (C=O) groups is 1. The molecule has 2 aromatic heterocycles. The lowest BCUT2D eigenvalue weighted by Gasteiger charge is -2.33. The first-order valence-corrected chi connectivity index (χ1v) is 12.8. The maximum atomic E-state index is 12.0. The Bertz CT molecular complexity index is 1320. The molecule has 1 fully saturated rings. The normalized spacial score (nSPS) is 14.3. The Morgan fingerprint density at radius 3 is 2.54 bits per heavy atom. The van der Waals surface area contributed by atoms with Crippen LogP contribution in [0.25, 0.3) is 11.1 Å². The number of piperidine rings is 1. The second kappa shape index (κ2) is 11.8. The Morgan fingerprint density at radius 2 is 1.78 bits per heavy atom. The van der Waals surface area contributed by atoms with Gasteiger partial charge in [-0.25, -0.2) is 4.98 Å². The molecule has 188 valence electrons. The van der Waals surface area contributed by atoms with Crippen molar-refractivity contribution in [3.8, 4) is 11.1 Å². The first-order valence-electron chi connectivity index (χ1n) is 12.8. The van der Waals surface area contributed by atoms with Crippen LogP contribution in [0.2, 0.25) is 0 Å². The third kappa shape index (κ3) is 6.57. The Morgan fingerprint density at radius 1 is 0.973 bits per heavy atom. The molecule has 1 saturated heterocycles. The van der Waals surface area contributed by atoms with Gasteiger partial charge in [0.2, 0.25) is 5.95 Å². The van der Waals surface area contributed by atoms with E-state index in [1.54, 1.807) is 13.1 Å². The number of carbonyl (C=O) groups excluding carboxylic acids is 1. The van der Waals surface area contributed by atoms with Gasteiger partial charge in [0.15, 0.2) is 5.78 Å². The standard InChI is InChI=1S/C30H32N6O/c1-22(37)24-10-7-11-25(18-24)28-20-33-30(32-19-27-12-5-6-15-31-27)35-29(28)34-26-13-16-36(17-14-26)21-23-8-3-2-4-9-23/h2-12,15,18,20,26H,13-14,16-17,19,21H2,1H3,(H2,32,33,34,35). The smallest absolute Gasteiger partial charge is 0.224 e. The Kier molecular flexibility index (Phi) is 7.81. The molecule has 0 amide bonds. The molecular weight excluding hydrogens is 460 g/mol. The van der Waals surface area contributed by atoms with Crippen molar-refractivity contribution < 1.29 is 4.79 Å². The Hall–Kier alpha value is -4.10. The van der Waals surface area contributed by atoms with Crippen molar-refractivity contribution in [1.29, 1.82) is 0 Å². The lowest BCUT2D eigenvalue weighted by Crippen LogP contribution is -2.38. The number of benzene rings is 2. The summed E-state index contributed by atoms with van der Waals surface area (Å²) in [7, 11) is 0. The number of Topliss-reactive ketones (excluding diaryl/α,β-unsaturated/α-hetero) is 1. The fourth-order valence-corrected chi connectivity index (χ4v) is 4.64. The van der Waals surface area contributed by atoms with Gasteiger partial charge in [0.1, 0.15) is 5.82 Å². The van der Waals surface area contributed by atoms with E-state index in [-0.39, 0.29) is 5.78 Å². The predicted octanol–water partition coefficient (Wildman–Crippen LogP) is 5.43. The number of nitrogens with zero attached hydrogens (tertiary/aromatic N) is 4. The molecule has 0 unspecified atom stereocenters. The number of rotatable bonds is 9. The van der Waals surface area contributed by atoms with E-state index in [1.165, 1.54) is 5.56 Å². The predicted molar refractivity (Wildman–Crippen MR) is 147 cm³/mol. The van der Waals surface area contributed by atoms with E-state index in [0.29, 0.717) is 24.1 Å². The van der Waals surface area contributed by atoms with Crippen molar-refractivity contribution in [2.24, 2.45) is 0 Å². The van der Waals surface area contributed by atoms with Crippen molar-refractivity contribution >= 4 is 17.5 Å². The Labute approximate surface area is 218 Å². The van der Waals surface area contributed by atoms with Gasteiger partial charge in [-0.3, -0.25) is 14.7 Å². The molecule has 2 aromatic carbocycles. The molecular formula is C30H32N6O. The number of pyridine rings is 1. The lowest BCUT2D eigenvalue weighted by atomic mass is 10.0. The number of anilines is 2. The highest BCUT2D eigenvalue weighted by molar-refractivity contribution is 5.95. The average Bonchev–Trinajstić information content (AvgIpc) is 2.94. The van der Waals surface area contributed by atoms with E-state index in [9.17, 15) is 4.79 Å². The van der Waals surface area contributed by atoms with Gasteiger partial charge in [-0.15, -0.1) is 0 Å². The summed E-state index contributed by atoms with van der Waals surface area (Å²) in [6.07, 6.45) is 5.67. The van der Waals surface area contributed by atoms with E-state index in [2.05, 4.69) is 55.8 Å². The van der Waals surface area contributed by atoms with E-state index in [1.807, 2.05) is 48.7 Å². The second-order valence-corrected chi connectivity index (χ2v) is 9.45. The highest BCUT2D eigenvalue weighted by Crippen LogP contribution is 2.29. The number of aromatic nitrogens is 3. The number of hydrogen-bond donors (Lipinski definition) is 2. The van der Waals surface area contributed by atoms with Gasteiger partial charge >= 0.3 is 0 Å². The fraction of sp³-hybridized carbons (Fsp3) is 0.267. The van der Waals surface area contributed by atoms with Gasteiger partial charge in [-0.1, -0.05) is 54.6 Å². The molecule has 0 aliphatic carbocycles. The van der Waals surface area contributed by atoms with Crippen LogP contribution in [0, 0.1) is 0 Å². The molecule has 0 radical (unpaired) electrons. The molecule has 0 spiro atoms. The molecule has 0 saturated carbocycles. The third-order valence-corrected chi connectivity index (χ3v) is 6.70. The summed E-state index contributed by atoms with van der Waals surface area (Å²) in [6, 6.07) is 24.4. The summed E-state index contributed by atoms with van der Waals surface area (Å²) in [5, 5.41) is 7.00. The minimum absolute atomic E-state index is 0.0386. The largest absolute Gasteiger partial charge is 0.367 e. The van der Waals surface area contributed by atoms with Crippen LogP contribution in [-0.2, 0) is 13.1 Å². The van der Waals surface area contributed by atoms with Crippen LogP contribution in [0.3, 0.4) is 0 Å². The number of hydrogen-bond acceptors (Lipinski definition) is 7. The van der Waals surface area contributed by atoms with Crippen molar-refractivity contribution in [3.63, 3.8) is 0 Å². The Balaban J connectivity index is 1.33.